The fourth-order valence-corrected chi connectivity index (χ4v) is 4.03. The first-order valence-corrected chi connectivity index (χ1v) is 11.3. The summed E-state index contributed by atoms with van der Waals surface area (Å²) in [7, 11) is 0. The Morgan fingerprint density at radius 2 is 1.70 bits per heavy atom. The number of halogens is 2. The highest BCUT2D eigenvalue weighted by molar-refractivity contribution is 9.10. The molecule has 30 heavy (non-hydrogen) atoms. The number of ether oxygens (including phenoxy) is 1. The number of hydrogen-bond donors (Lipinski definition) is 0. The Morgan fingerprint density at radius 1 is 0.967 bits per heavy atom. The first-order chi connectivity index (χ1) is 14.6. The standard InChI is InChI=1S/C22H22Br2N4O2/c23-18-5-7-19(8-6-18)30-16-28-10-9-21(25-28)22(29)27-13-11-26(12-14-27)15-17-3-1-2-4-20(17)24/h1-10H,11-16H2. The molecule has 0 bridgehead atoms. The molecular formula is C22H22Br2N4O2. The number of carbonyl (C=O) groups is 1. The average molecular weight is 534 g/mol. The van der Waals surface area contributed by atoms with E-state index < -0.39 is 0 Å². The van der Waals surface area contributed by atoms with Crippen molar-refractivity contribution < 1.29 is 9.53 Å². The Kier molecular flexibility index (Phi) is 6.86. The summed E-state index contributed by atoms with van der Waals surface area (Å²) in [4.78, 5) is 17.1. The van der Waals surface area contributed by atoms with E-state index in [4.69, 9.17) is 4.74 Å². The molecule has 1 aliphatic rings. The summed E-state index contributed by atoms with van der Waals surface area (Å²) in [5, 5.41) is 4.39. The minimum atomic E-state index is -0.0297. The van der Waals surface area contributed by atoms with Gasteiger partial charge in [-0.25, -0.2) is 4.68 Å². The highest BCUT2D eigenvalue weighted by atomic mass is 79.9. The minimum Gasteiger partial charge on any atom is -0.471 e. The number of amides is 1. The lowest BCUT2D eigenvalue weighted by Crippen LogP contribution is -2.48. The summed E-state index contributed by atoms with van der Waals surface area (Å²) in [5.41, 5.74) is 1.72. The van der Waals surface area contributed by atoms with E-state index in [0.717, 1.165) is 34.3 Å². The molecule has 1 aliphatic heterocycles. The molecule has 4 rings (SSSR count). The van der Waals surface area contributed by atoms with Crippen molar-refractivity contribution in [3.05, 3.63) is 81.0 Å². The van der Waals surface area contributed by atoms with E-state index in [1.54, 1.807) is 16.9 Å². The SMILES string of the molecule is O=C(c1ccn(COc2ccc(Br)cc2)n1)N1CCN(Cc2ccccc2Br)CC1. The van der Waals surface area contributed by atoms with Crippen LogP contribution in [-0.4, -0.2) is 51.7 Å². The van der Waals surface area contributed by atoms with E-state index in [1.807, 2.05) is 35.2 Å². The van der Waals surface area contributed by atoms with Crippen LogP contribution in [0.3, 0.4) is 0 Å². The predicted molar refractivity (Wildman–Crippen MR) is 122 cm³/mol. The van der Waals surface area contributed by atoms with Crippen molar-refractivity contribution in [1.82, 2.24) is 19.6 Å². The molecule has 0 atom stereocenters. The smallest absolute Gasteiger partial charge is 0.274 e. The van der Waals surface area contributed by atoms with Crippen LogP contribution >= 0.6 is 31.9 Å². The summed E-state index contributed by atoms with van der Waals surface area (Å²) in [6, 6.07) is 17.6. The van der Waals surface area contributed by atoms with Crippen molar-refractivity contribution in [2.75, 3.05) is 26.2 Å². The lowest BCUT2D eigenvalue weighted by Gasteiger charge is -2.34. The molecule has 1 amide bonds. The van der Waals surface area contributed by atoms with E-state index in [9.17, 15) is 4.79 Å². The van der Waals surface area contributed by atoms with Gasteiger partial charge in [-0.15, -0.1) is 0 Å². The van der Waals surface area contributed by atoms with Gasteiger partial charge in [0.1, 0.15) is 5.75 Å². The number of rotatable bonds is 6. The van der Waals surface area contributed by atoms with Crippen LogP contribution in [0.5, 0.6) is 5.75 Å². The fourth-order valence-electron chi connectivity index (χ4n) is 3.36. The van der Waals surface area contributed by atoms with E-state index >= 15 is 0 Å². The number of benzene rings is 2. The van der Waals surface area contributed by atoms with E-state index in [-0.39, 0.29) is 12.6 Å². The monoisotopic (exact) mass is 532 g/mol. The third-order valence-electron chi connectivity index (χ3n) is 5.05. The first-order valence-electron chi connectivity index (χ1n) is 9.75. The number of nitrogens with zero attached hydrogens (tertiary/aromatic N) is 4. The van der Waals surface area contributed by atoms with E-state index in [2.05, 4.69) is 60.1 Å². The van der Waals surface area contributed by atoms with Gasteiger partial charge in [-0.1, -0.05) is 50.1 Å². The number of aromatic nitrogens is 2. The third-order valence-corrected chi connectivity index (χ3v) is 6.35. The zero-order chi connectivity index (χ0) is 20.9. The third kappa shape index (κ3) is 5.30. The highest BCUT2D eigenvalue weighted by Gasteiger charge is 2.24. The summed E-state index contributed by atoms with van der Waals surface area (Å²) in [5.74, 6) is 0.723. The molecule has 0 unspecified atom stereocenters. The maximum absolute atomic E-state index is 12.8. The highest BCUT2D eigenvalue weighted by Crippen LogP contribution is 2.19. The molecule has 8 heteroatoms. The summed E-state index contributed by atoms with van der Waals surface area (Å²) in [6.45, 7) is 4.23. The van der Waals surface area contributed by atoms with Crippen molar-refractivity contribution in [3.8, 4) is 5.75 Å². The Hall–Kier alpha value is -2.16. The Bertz CT molecular complexity index is 998. The summed E-state index contributed by atoms with van der Waals surface area (Å²) in [6.07, 6.45) is 1.77. The molecule has 1 aromatic heterocycles. The van der Waals surface area contributed by atoms with Gasteiger partial charge in [0.2, 0.25) is 0 Å². The van der Waals surface area contributed by atoms with Crippen LogP contribution < -0.4 is 4.74 Å². The molecule has 2 aromatic carbocycles. The molecule has 0 saturated carbocycles. The van der Waals surface area contributed by atoms with Gasteiger partial charge >= 0.3 is 0 Å². The van der Waals surface area contributed by atoms with Crippen LogP contribution in [0.25, 0.3) is 0 Å². The van der Waals surface area contributed by atoms with Gasteiger partial charge in [0.05, 0.1) is 0 Å². The Morgan fingerprint density at radius 3 is 2.43 bits per heavy atom. The van der Waals surface area contributed by atoms with Crippen molar-refractivity contribution in [2.45, 2.75) is 13.3 Å². The van der Waals surface area contributed by atoms with Gasteiger partial charge < -0.3 is 9.64 Å². The fraction of sp³-hybridized carbons (Fsp3) is 0.273. The first kappa shape index (κ1) is 21.1. The molecular weight excluding hydrogens is 512 g/mol. The Labute approximate surface area is 192 Å². The van der Waals surface area contributed by atoms with Crippen LogP contribution in [0.1, 0.15) is 16.1 Å². The van der Waals surface area contributed by atoms with Crippen LogP contribution in [-0.2, 0) is 13.3 Å². The zero-order valence-electron chi connectivity index (χ0n) is 16.4. The van der Waals surface area contributed by atoms with Gasteiger partial charge in [0.25, 0.3) is 5.91 Å². The van der Waals surface area contributed by atoms with Gasteiger partial charge in [-0.2, -0.15) is 5.10 Å². The maximum atomic E-state index is 12.8. The zero-order valence-corrected chi connectivity index (χ0v) is 19.5. The maximum Gasteiger partial charge on any atom is 0.274 e. The molecule has 0 N–H and O–H groups in total. The molecule has 156 valence electrons. The quantitative estimate of drug-likeness (QED) is 0.471. The second kappa shape index (κ2) is 9.76. The minimum absolute atomic E-state index is 0.0297. The van der Waals surface area contributed by atoms with Crippen LogP contribution in [0.2, 0.25) is 0 Å². The van der Waals surface area contributed by atoms with Crippen LogP contribution in [0.4, 0.5) is 0 Å². The molecule has 0 spiro atoms. The Balaban J connectivity index is 1.28. The van der Waals surface area contributed by atoms with Gasteiger partial charge in [0.15, 0.2) is 12.4 Å². The summed E-state index contributed by atoms with van der Waals surface area (Å²) >= 11 is 7.01. The molecule has 3 aromatic rings. The van der Waals surface area contributed by atoms with Crippen molar-refractivity contribution in [3.63, 3.8) is 0 Å². The van der Waals surface area contributed by atoms with E-state index in [0.29, 0.717) is 18.8 Å². The molecule has 6 nitrogen and oxygen atoms in total. The lowest BCUT2D eigenvalue weighted by molar-refractivity contribution is 0.0620. The molecule has 2 heterocycles. The van der Waals surface area contributed by atoms with Crippen molar-refractivity contribution in [1.29, 1.82) is 0 Å². The largest absolute Gasteiger partial charge is 0.471 e. The molecule has 1 fully saturated rings. The van der Waals surface area contributed by atoms with Crippen LogP contribution in [0.15, 0.2) is 69.7 Å². The second-order valence-electron chi connectivity index (χ2n) is 7.13. The van der Waals surface area contributed by atoms with Crippen molar-refractivity contribution in [2.24, 2.45) is 0 Å². The number of piperazine rings is 1. The van der Waals surface area contributed by atoms with Gasteiger partial charge in [0, 0.05) is 47.9 Å². The number of carbonyl (C=O) groups excluding carboxylic acids is 1. The van der Waals surface area contributed by atoms with Crippen molar-refractivity contribution >= 4 is 37.8 Å². The normalized spacial score (nSPS) is 14.7. The average Bonchev–Trinajstić information content (AvgIpc) is 3.24. The summed E-state index contributed by atoms with van der Waals surface area (Å²) < 4.78 is 9.47. The van der Waals surface area contributed by atoms with Gasteiger partial charge in [-0.05, 0) is 42.0 Å². The van der Waals surface area contributed by atoms with Gasteiger partial charge in [-0.3, -0.25) is 9.69 Å². The number of hydrogen-bond acceptors (Lipinski definition) is 4. The lowest BCUT2D eigenvalue weighted by atomic mass is 10.2. The molecule has 0 aliphatic carbocycles. The topological polar surface area (TPSA) is 50.6 Å². The molecule has 0 radical (unpaired) electrons. The molecule has 1 saturated heterocycles. The van der Waals surface area contributed by atoms with E-state index in [1.165, 1.54) is 5.56 Å². The predicted octanol–water partition coefficient (Wildman–Crippen LogP) is 4.40. The van der Waals surface area contributed by atoms with Crippen LogP contribution in [0, 0.1) is 0 Å². The second-order valence-corrected chi connectivity index (χ2v) is 8.90.